The van der Waals surface area contributed by atoms with E-state index in [0.29, 0.717) is 0 Å². The molecule has 132 valence electrons. The summed E-state index contributed by atoms with van der Waals surface area (Å²) in [5.41, 5.74) is 1.87. The van der Waals surface area contributed by atoms with Crippen molar-refractivity contribution in [3.05, 3.63) is 65.3 Å². The molecule has 1 amide bonds. The number of carbonyl (C=O) groups excluding carboxylic acids is 1. The maximum Gasteiger partial charge on any atom is 0.267 e. The minimum absolute atomic E-state index is 0.0772. The number of thioether (sulfide) groups is 1. The van der Waals surface area contributed by atoms with E-state index in [1.165, 1.54) is 31.0 Å². The molecule has 2 heterocycles. The summed E-state index contributed by atoms with van der Waals surface area (Å²) in [4.78, 5) is 24.6. The Kier molecular flexibility index (Phi) is 5.16. The van der Waals surface area contributed by atoms with Gasteiger partial charge in [-0.25, -0.2) is 4.99 Å². The van der Waals surface area contributed by atoms with E-state index in [4.69, 9.17) is 4.99 Å². The second-order valence-electron chi connectivity index (χ2n) is 6.59. The molecule has 0 atom stereocenters. The Labute approximate surface area is 158 Å². The number of aromatic nitrogens is 1. The number of amidine groups is 1. The fourth-order valence-corrected chi connectivity index (χ4v) is 4.51. The Hall–Kier alpha value is -2.40. The molecule has 0 bridgehead atoms. The second kappa shape index (κ2) is 7.87. The molecule has 1 saturated carbocycles. The molecule has 0 N–H and O–H groups in total. The summed E-state index contributed by atoms with van der Waals surface area (Å²) in [7, 11) is 0. The van der Waals surface area contributed by atoms with E-state index in [1.54, 1.807) is 12.4 Å². The van der Waals surface area contributed by atoms with Crippen molar-refractivity contribution in [1.82, 2.24) is 9.88 Å². The molecule has 1 saturated heterocycles. The fourth-order valence-electron chi connectivity index (χ4n) is 3.45. The highest BCUT2D eigenvalue weighted by atomic mass is 32.2. The zero-order valence-corrected chi connectivity index (χ0v) is 15.4. The fraction of sp³-hybridized carbons (Fsp3) is 0.286. The van der Waals surface area contributed by atoms with Crippen LogP contribution in [0, 0.1) is 0 Å². The maximum atomic E-state index is 13.2. The summed E-state index contributed by atoms with van der Waals surface area (Å²) in [6.45, 7) is 0. The third kappa shape index (κ3) is 3.73. The van der Waals surface area contributed by atoms with Crippen LogP contribution < -0.4 is 0 Å². The van der Waals surface area contributed by atoms with Crippen molar-refractivity contribution in [1.29, 1.82) is 0 Å². The van der Waals surface area contributed by atoms with E-state index < -0.39 is 0 Å². The highest BCUT2D eigenvalue weighted by Gasteiger charge is 2.38. The number of aliphatic imine (C=N–C) groups is 1. The normalized spacial score (nSPS) is 21.7. The molecule has 26 heavy (non-hydrogen) atoms. The Balaban J connectivity index is 1.69. The van der Waals surface area contributed by atoms with Crippen LogP contribution in [0.25, 0.3) is 6.08 Å². The number of rotatable bonds is 3. The number of pyridine rings is 1. The number of hydrogen-bond donors (Lipinski definition) is 0. The van der Waals surface area contributed by atoms with Crippen molar-refractivity contribution >= 4 is 34.6 Å². The van der Waals surface area contributed by atoms with Crippen LogP contribution in [0.4, 0.5) is 5.69 Å². The first-order valence-corrected chi connectivity index (χ1v) is 9.90. The first-order chi connectivity index (χ1) is 12.8. The number of para-hydroxylation sites is 1. The topological polar surface area (TPSA) is 45.6 Å². The number of carbonyl (C=O) groups is 1. The van der Waals surface area contributed by atoms with Gasteiger partial charge in [-0.1, -0.05) is 37.5 Å². The van der Waals surface area contributed by atoms with Crippen LogP contribution in [0.15, 0.2) is 64.8 Å². The predicted molar refractivity (Wildman–Crippen MR) is 107 cm³/mol. The average Bonchev–Trinajstić information content (AvgIpc) is 2.99. The van der Waals surface area contributed by atoms with Gasteiger partial charge >= 0.3 is 0 Å². The van der Waals surface area contributed by atoms with Gasteiger partial charge in [0, 0.05) is 18.4 Å². The molecule has 1 aliphatic heterocycles. The van der Waals surface area contributed by atoms with E-state index in [2.05, 4.69) is 4.98 Å². The molecule has 1 aromatic carbocycles. The SMILES string of the molecule is O=C1/C(=C/c2ccncc2)SC(=Nc2ccccc2)N1C1CCCCC1. The minimum atomic E-state index is 0.0772. The third-order valence-corrected chi connectivity index (χ3v) is 5.74. The third-order valence-electron chi connectivity index (χ3n) is 4.76. The molecule has 2 aliphatic rings. The standard InChI is InChI=1S/C21H21N3OS/c25-20-19(15-16-11-13-22-14-12-16)26-21(23-17-7-3-1-4-8-17)24(20)18-9-5-2-6-10-18/h1,3-4,7-8,11-15,18H,2,5-6,9-10H2/b19-15-,23-21?. The number of nitrogens with zero attached hydrogens (tertiary/aromatic N) is 3. The summed E-state index contributed by atoms with van der Waals surface area (Å²) in [5, 5.41) is 0.799. The van der Waals surface area contributed by atoms with Crippen LogP contribution in [-0.2, 0) is 4.79 Å². The van der Waals surface area contributed by atoms with Crippen molar-refractivity contribution in [2.75, 3.05) is 0 Å². The van der Waals surface area contributed by atoms with Gasteiger partial charge in [0.1, 0.15) is 0 Å². The van der Waals surface area contributed by atoms with Gasteiger partial charge in [0.05, 0.1) is 10.6 Å². The molecule has 4 nitrogen and oxygen atoms in total. The van der Waals surface area contributed by atoms with Gasteiger partial charge in [-0.05, 0) is 60.5 Å². The molecular weight excluding hydrogens is 342 g/mol. The van der Waals surface area contributed by atoms with E-state index in [-0.39, 0.29) is 11.9 Å². The van der Waals surface area contributed by atoms with Crippen LogP contribution in [-0.4, -0.2) is 27.0 Å². The van der Waals surface area contributed by atoms with Gasteiger partial charge in [-0.15, -0.1) is 0 Å². The van der Waals surface area contributed by atoms with Crippen LogP contribution in [0.5, 0.6) is 0 Å². The molecule has 1 aromatic heterocycles. The number of amides is 1. The van der Waals surface area contributed by atoms with E-state index in [0.717, 1.165) is 34.2 Å². The zero-order chi connectivity index (χ0) is 17.8. The molecular formula is C21H21N3OS. The van der Waals surface area contributed by atoms with E-state index in [9.17, 15) is 4.79 Å². The van der Waals surface area contributed by atoms with E-state index >= 15 is 0 Å². The summed E-state index contributed by atoms with van der Waals surface area (Å²) < 4.78 is 0. The highest BCUT2D eigenvalue weighted by molar-refractivity contribution is 8.18. The smallest absolute Gasteiger partial charge is 0.267 e. The Morgan fingerprint density at radius 2 is 1.77 bits per heavy atom. The van der Waals surface area contributed by atoms with Crippen LogP contribution in [0.2, 0.25) is 0 Å². The largest absolute Gasteiger partial charge is 0.283 e. The molecule has 0 spiro atoms. The highest BCUT2D eigenvalue weighted by Crippen LogP contribution is 2.38. The molecule has 2 aromatic rings. The van der Waals surface area contributed by atoms with Crippen molar-refractivity contribution in [3.8, 4) is 0 Å². The van der Waals surface area contributed by atoms with Crippen molar-refractivity contribution in [2.45, 2.75) is 38.1 Å². The lowest BCUT2D eigenvalue weighted by molar-refractivity contribution is -0.124. The predicted octanol–water partition coefficient (Wildman–Crippen LogP) is 5.02. The maximum absolute atomic E-state index is 13.2. The van der Waals surface area contributed by atoms with Gasteiger partial charge < -0.3 is 0 Å². The Morgan fingerprint density at radius 3 is 2.50 bits per heavy atom. The van der Waals surface area contributed by atoms with Gasteiger partial charge in [0.15, 0.2) is 5.17 Å². The summed E-state index contributed by atoms with van der Waals surface area (Å²) in [6.07, 6.45) is 11.2. The van der Waals surface area contributed by atoms with Gasteiger partial charge in [0.25, 0.3) is 5.91 Å². The van der Waals surface area contributed by atoms with Crippen LogP contribution in [0.1, 0.15) is 37.7 Å². The monoisotopic (exact) mass is 363 g/mol. The molecule has 2 fully saturated rings. The molecule has 1 aliphatic carbocycles. The van der Waals surface area contributed by atoms with Crippen molar-refractivity contribution < 1.29 is 4.79 Å². The molecule has 5 heteroatoms. The summed E-state index contributed by atoms with van der Waals surface area (Å²) >= 11 is 1.48. The number of hydrogen-bond acceptors (Lipinski definition) is 4. The summed E-state index contributed by atoms with van der Waals surface area (Å²) in [5.74, 6) is 0.0772. The van der Waals surface area contributed by atoms with Gasteiger partial charge in [-0.2, -0.15) is 0 Å². The minimum Gasteiger partial charge on any atom is -0.283 e. The number of benzene rings is 1. The first-order valence-electron chi connectivity index (χ1n) is 9.08. The van der Waals surface area contributed by atoms with Crippen molar-refractivity contribution in [2.24, 2.45) is 4.99 Å². The van der Waals surface area contributed by atoms with E-state index in [1.807, 2.05) is 53.4 Å². The summed E-state index contributed by atoms with van der Waals surface area (Å²) in [6, 6.07) is 14.0. The second-order valence-corrected chi connectivity index (χ2v) is 7.60. The molecule has 4 rings (SSSR count). The lowest BCUT2D eigenvalue weighted by Crippen LogP contribution is -2.40. The van der Waals surface area contributed by atoms with Crippen LogP contribution >= 0.6 is 11.8 Å². The zero-order valence-electron chi connectivity index (χ0n) is 14.5. The Bertz CT molecular complexity index is 827. The van der Waals surface area contributed by atoms with Crippen molar-refractivity contribution in [3.63, 3.8) is 0 Å². The average molecular weight is 363 g/mol. The Morgan fingerprint density at radius 1 is 1.04 bits per heavy atom. The van der Waals surface area contributed by atoms with Gasteiger partial charge in [0.2, 0.25) is 0 Å². The van der Waals surface area contributed by atoms with Gasteiger partial charge in [-0.3, -0.25) is 14.7 Å². The van der Waals surface area contributed by atoms with Crippen LogP contribution in [0.3, 0.4) is 0 Å². The molecule has 0 radical (unpaired) electrons. The lowest BCUT2D eigenvalue weighted by Gasteiger charge is -2.30. The molecule has 0 unspecified atom stereocenters. The quantitative estimate of drug-likeness (QED) is 0.720. The first kappa shape index (κ1) is 17.0. The lowest BCUT2D eigenvalue weighted by atomic mass is 9.94.